The summed E-state index contributed by atoms with van der Waals surface area (Å²) in [6.45, 7) is 0. The van der Waals surface area contributed by atoms with Gasteiger partial charge in [-0.3, -0.25) is 0 Å². The van der Waals surface area contributed by atoms with Crippen LogP contribution in [0.1, 0.15) is 11.6 Å². The van der Waals surface area contributed by atoms with E-state index in [0.717, 1.165) is 5.56 Å². The lowest BCUT2D eigenvalue weighted by Crippen LogP contribution is -2.14. The lowest BCUT2D eigenvalue weighted by atomic mass is 10.1. The molecule has 0 N–H and O–H groups in total. The van der Waals surface area contributed by atoms with Gasteiger partial charge in [-0.15, -0.1) is 6.42 Å². The zero-order chi connectivity index (χ0) is 14.2. The lowest BCUT2D eigenvalue weighted by Gasteiger charge is -2.05. The third-order valence-corrected chi connectivity index (χ3v) is 5.27. The van der Waals surface area contributed by atoms with Gasteiger partial charge in [0.25, 0.3) is 0 Å². The number of sulfonamides is 1. The van der Waals surface area contributed by atoms with Gasteiger partial charge in [-0.25, -0.2) is 8.42 Å². The molecule has 4 heteroatoms. The first-order valence-corrected chi connectivity index (χ1v) is 7.70. The summed E-state index contributed by atoms with van der Waals surface area (Å²) < 4.78 is 26.5. The van der Waals surface area contributed by atoms with Gasteiger partial charge in [0.05, 0.1) is 10.9 Å². The predicted octanol–water partition coefficient (Wildman–Crippen LogP) is 2.43. The smallest absolute Gasteiger partial charge is 0.207 e. The molecule has 3 rings (SSSR count). The third kappa shape index (κ3) is 2.01. The van der Waals surface area contributed by atoms with Crippen molar-refractivity contribution in [1.29, 1.82) is 0 Å². The van der Waals surface area contributed by atoms with Crippen molar-refractivity contribution < 1.29 is 8.42 Å². The van der Waals surface area contributed by atoms with Crippen LogP contribution in [0.5, 0.6) is 0 Å². The first kappa shape index (κ1) is 12.9. The Hall–Kier alpha value is -2.09. The molecule has 0 aliphatic carbocycles. The van der Waals surface area contributed by atoms with Crippen molar-refractivity contribution in [3.63, 3.8) is 0 Å². The van der Waals surface area contributed by atoms with Crippen LogP contribution in [0.15, 0.2) is 65.6 Å². The molecule has 0 bridgehead atoms. The Kier molecular flexibility index (Phi) is 3.09. The van der Waals surface area contributed by atoms with Crippen LogP contribution in [0.4, 0.5) is 0 Å². The summed E-state index contributed by atoms with van der Waals surface area (Å²) in [7, 11) is -3.53. The maximum absolute atomic E-state index is 12.6. The minimum atomic E-state index is -3.53. The normalized spacial score (nSPS) is 24.9. The number of terminal acetylenes is 1. The van der Waals surface area contributed by atoms with Crippen molar-refractivity contribution in [2.24, 2.45) is 0 Å². The van der Waals surface area contributed by atoms with Crippen LogP contribution in [0, 0.1) is 12.3 Å². The Labute approximate surface area is 118 Å². The molecule has 3 nitrogen and oxygen atoms in total. The third-order valence-electron chi connectivity index (χ3n) is 3.39. The average molecular weight is 283 g/mol. The topological polar surface area (TPSA) is 37.1 Å². The predicted molar refractivity (Wildman–Crippen MR) is 77.3 cm³/mol. The van der Waals surface area contributed by atoms with E-state index in [9.17, 15) is 8.42 Å². The van der Waals surface area contributed by atoms with Crippen LogP contribution < -0.4 is 0 Å². The van der Waals surface area contributed by atoms with Crippen LogP contribution in [0.3, 0.4) is 0 Å². The lowest BCUT2D eigenvalue weighted by molar-refractivity contribution is 0.551. The molecule has 2 aromatic rings. The van der Waals surface area contributed by atoms with E-state index in [2.05, 4.69) is 5.92 Å². The van der Waals surface area contributed by atoms with E-state index in [0.29, 0.717) is 0 Å². The molecule has 1 fully saturated rings. The fourth-order valence-electron chi connectivity index (χ4n) is 2.37. The average Bonchev–Trinajstić information content (AvgIpc) is 3.24. The highest BCUT2D eigenvalue weighted by Crippen LogP contribution is 2.47. The fourth-order valence-corrected chi connectivity index (χ4v) is 4.07. The molecular formula is C16H13NO2S. The largest absolute Gasteiger partial charge is 0.244 e. The van der Waals surface area contributed by atoms with E-state index in [1.165, 1.54) is 4.31 Å². The van der Waals surface area contributed by atoms with Crippen molar-refractivity contribution in [1.82, 2.24) is 4.31 Å². The summed E-state index contributed by atoms with van der Waals surface area (Å²) in [6, 6.07) is 17.2. The van der Waals surface area contributed by atoms with Gasteiger partial charge in [0.2, 0.25) is 10.0 Å². The van der Waals surface area contributed by atoms with Crippen molar-refractivity contribution in [2.45, 2.75) is 17.0 Å². The molecule has 2 aromatic carbocycles. The Bertz CT molecular complexity index is 748. The first-order valence-electron chi connectivity index (χ1n) is 6.26. The minimum Gasteiger partial charge on any atom is -0.207 e. The molecule has 3 atom stereocenters. The first-order chi connectivity index (χ1) is 9.66. The SMILES string of the molecule is C#C[C@@H]1[C@H](c2ccccc2)N1S(=O)(=O)c1ccccc1. The molecular weight excluding hydrogens is 270 g/mol. The zero-order valence-electron chi connectivity index (χ0n) is 10.7. The molecule has 100 valence electrons. The molecule has 1 heterocycles. The molecule has 1 unspecified atom stereocenters. The van der Waals surface area contributed by atoms with Crippen molar-refractivity contribution in [3.8, 4) is 12.3 Å². The minimum absolute atomic E-state index is 0.258. The van der Waals surface area contributed by atoms with Crippen LogP contribution in [-0.4, -0.2) is 18.8 Å². The maximum atomic E-state index is 12.6. The second-order valence-electron chi connectivity index (χ2n) is 4.62. The van der Waals surface area contributed by atoms with Crippen molar-refractivity contribution in [3.05, 3.63) is 66.2 Å². The van der Waals surface area contributed by atoms with E-state index in [1.54, 1.807) is 30.3 Å². The molecule has 1 saturated heterocycles. The van der Waals surface area contributed by atoms with Gasteiger partial charge in [0.15, 0.2) is 0 Å². The molecule has 0 aromatic heterocycles. The van der Waals surface area contributed by atoms with Crippen LogP contribution in [0.25, 0.3) is 0 Å². The van der Waals surface area contributed by atoms with Gasteiger partial charge in [-0.1, -0.05) is 54.5 Å². The number of rotatable bonds is 3. The Morgan fingerprint density at radius 1 is 0.950 bits per heavy atom. The van der Waals surface area contributed by atoms with Gasteiger partial charge in [0, 0.05) is 0 Å². The van der Waals surface area contributed by atoms with Gasteiger partial charge >= 0.3 is 0 Å². The summed E-state index contributed by atoms with van der Waals surface area (Å²) in [5.74, 6) is 2.56. The van der Waals surface area contributed by atoms with E-state index in [4.69, 9.17) is 6.42 Å². The summed E-state index contributed by atoms with van der Waals surface area (Å²) in [6.07, 6.45) is 5.47. The Balaban J connectivity index is 1.98. The molecule has 1 aliphatic heterocycles. The van der Waals surface area contributed by atoms with Crippen LogP contribution in [-0.2, 0) is 10.0 Å². The monoisotopic (exact) mass is 283 g/mol. The Morgan fingerprint density at radius 3 is 2.05 bits per heavy atom. The van der Waals surface area contributed by atoms with Crippen molar-refractivity contribution in [2.75, 3.05) is 0 Å². The van der Waals surface area contributed by atoms with Gasteiger partial charge in [0.1, 0.15) is 6.04 Å². The Morgan fingerprint density at radius 2 is 1.50 bits per heavy atom. The summed E-state index contributed by atoms with van der Waals surface area (Å²) in [5, 5.41) is 0. The number of hydrogen-bond acceptors (Lipinski definition) is 2. The summed E-state index contributed by atoms with van der Waals surface area (Å²) in [5.41, 5.74) is 0.926. The summed E-state index contributed by atoms with van der Waals surface area (Å²) >= 11 is 0. The van der Waals surface area contributed by atoms with Crippen molar-refractivity contribution >= 4 is 10.0 Å². The second-order valence-corrected chi connectivity index (χ2v) is 6.46. The number of benzene rings is 2. The van der Waals surface area contributed by atoms with Crippen LogP contribution >= 0.6 is 0 Å². The molecule has 20 heavy (non-hydrogen) atoms. The van der Waals surface area contributed by atoms with Gasteiger partial charge < -0.3 is 0 Å². The van der Waals surface area contributed by atoms with E-state index < -0.39 is 16.1 Å². The summed E-state index contributed by atoms with van der Waals surface area (Å²) in [4.78, 5) is 0.277. The van der Waals surface area contributed by atoms with E-state index in [1.807, 2.05) is 30.3 Å². The van der Waals surface area contributed by atoms with Gasteiger partial charge in [-0.05, 0) is 17.7 Å². The van der Waals surface area contributed by atoms with Crippen LogP contribution in [0.2, 0.25) is 0 Å². The number of nitrogens with zero attached hydrogens (tertiary/aromatic N) is 1. The zero-order valence-corrected chi connectivity index (χ0v) is 11.5. The fraction of sp³-hybridized carbons (Fsp3) is 0.125. The molecule has 0 amide bonds. The standard InChI is InChI=1S/C16H13NO2S/c1-2-15-16(13-9-5-3-6-10-13)17(15)20(18,19)14-11-7-4-8-12-14/h1,3-12,15-16H/t15-,16+,17?/m1/s1. The van der Waals surface area contributed by atoms with E-state index in [-0.39, 0.29) is 10.9 Å². The highest BCUT2D eigenvalue weighted by atomic mass is 32.2. The maximum Gasteiger partial charge on any atom is 0.244 e. The second kappa shape index (κ2) is 4.78. The molecule has 1 aliphatic rings. The molecule has 0 spiro atoms. The molecule has 0 saturated carbocycles. The van der Waals surface area contributed by atoms with Gasteiger partial charge in [-0.2, -0.15) is 4.31 Å². The highest BCUT2D eigenvalue weighted by molar-refractivity contribution is 7.89. The highest BCUT2D eigenvalue weighted by Gasteiger charge is 2.55. The quantitative estimate of drug-likeness (QED) is 0.641. The number of hydrogen-bond donors (Lipinski definition) is 0. The molecule has 0 radical (unpaired) electrons. The van der Waals surface area contributed by atoms with E-state index >= 15 is 0 Å².